The van der Waals surface area contributed by atoms with Crippen molar-refractivity contribution < 1.29 is 34.2 Å². The molecule has 0 saturated carbocycles. The number of phenols is 1. The fraction of sp³-hybridized carbons (Fsp3) is 0.560. The van der Waals surface area contributed by atoms with Gasteiger partial charge >= 0.3 is 5.97 Å². The second-order valence-electron chi connectivity index (χ2n) is 9.44. The number of nitrogens with one attached hydrogen (secondary N) is 2. The minimum Gasteiger partial charge on any atom is -0.508 e. The second-order valence-corrected chi connectivity index (χ2v) is 9.44. The van der Waals surface area contributed by atoms with Crippen molar-refractivity contribution in [1.82, 2.24) is 15.5 Å². The van der Waals surface area contributed by atoms with Gasteiger partial charge in [0.15, 0.2) is 0 Å². The van der Waals surface area contributed by atoms with Crippen molar-refractivity contribution in [2.24, 2.45) is 17.4 Å². The average Bonchev–Trinajstić information content (AvgIpc) is 3.35. The minimum absolute atomic E-state index is 0.0827. The highest BCUT2D eigenvalue weighted by molar-refractivity contribution is 5.94. The SMILES string of the molecule is CCC(C)C(NC(=O)C(N)Cc1ccc(O)cc1)C(=O)NC(CCC(N)=O)C(=O)N1CCCC1C(=O)O. The van der Waals surface area contributed by atoms with Gasteiger partial charge in [-0.05, 0) is 49.3 Å². The maximum absolute atomic E-state index is 13.3. The number of carboxylic acids is 1. The Kier molecular flexibility index (Phi) is 10.9. The Balaban J connectivity index is 2.16. The lowest BCUT2D eigenvalue weighted by molar-refractivity contribution is -0.149. The number of carbonyl (C=O) groups is 5. The first-order valence-corrected chi connectivity index (χ1v) is 12.4. The van der Waals surface area contributed by atoms with Gasteiger partial charge in [0.25, 0.3) is 0 Å². The zero-order valence-electron chi connectivity index (χ0n) is 21.2. The molecule has 1 aromatic carbocycles. The molecular weight excluding hydrogens is 482 g/mol. The Morgan fingerprint density at radius 1 is 1.11 bits per heavy atom. The fourth-order valence-corrected chi connectivity index (χ4v) is 4.23. The lowest BCUT2D eigenvalue weighted by atomic mass is 9.96. The predicted molar refractivity (Wildman–Crippen MR) is 134 cm³/mol. The summed E-state index contributed by atoms with van der Waals surface area (Å²) < 4.78 is 0. The van der Waals surface area contributed by atoms with Gasteiger partial charge in [-0.15, -0.1) is 0 Å². The van der Waals surface area contributed by atoms with E-state index >= 15 is 0 Å². The van der Waals surface area contributed by atoms with Crippen molar-refractivity contribution in [2.45, 2.75) is 76.5 Å². The smallest absolute Gasteiger partial charge is 0.326 e. The molecule has 0 bridgehead atoms. The number of rotatable bonds is 13. The minimum atomic E-state index is -1.19. The van der Waals surface area contributed by atoms with Crippen LogP contribution in [-0.2, 0) is 30.4 Å². The Morgan fingerprint density at radius 2 is 1.76 bits per heavy atom. The molecule has 8 N–H and O–H groups in total. The summed E-state index contributed by atoms with van der Waals surface area (Å²) in [4.78, 5) is 63.5. The molecule has 1 aromatic rings. The first kappa shape index (κ1) is 29.6. The predicted octanol–water partition coefficient (Wildman–Crippen LogP) is -0.381. The number of amides is 4. The van der Waals surface area contributed by atoms with Crippen LogP contribution in [0.15, 0.2) is 24.3 Å². The normalized spacial score (nSPS) is 18.4. The number of benzene rings is 1. The number of hydrogen-bond donors (Lipinski definition) is 6. The molecular formula is C25H37N5O7. The van der Waals surface area contributed by atoms with Gasteiger partial charge in [-0.25, -0.2) is 4.79 Å². The van der Waals surface area contributed by atoms with Crippen LogP contribution in [0, 0.1) is 5.92 Å². The number of carbonyl (C=O) groups excluding carboxylic acids is 4. The van der Waals surface area contributed by atoms with E-state index in [-0.39, 0.29) is 37.5 Å². The molecule has 5 atom stereocenters. The summed E-state index contributed by atoms with van der Waals surface area (Å²) in [6, 6.07) is 2.04. The topological polar surface area (TPSA) is 205 Å². The van der Waals surface area contributed by atoms with Gasteiger partial charge in [0, 0.05) is 13.0 Å². The van der Waals surface area contributed by atoms with E-state index in [1.807, 2.05) is 6.92 Å². The van der Waals surface area contributed by atoms with Crippen LogP contribution in [0.25, 0.3) is 0 Å². The number of carboxylic acid groups (broad SMARTS) is 1. The molecule has 1 fully saturated rings. The molecule has 0 aromatic heterocycles. The van der Waals surface area contributed by atoms with Gasteiger partial charge in [0.05, 0.1) is 6.04 Å². The van der Waals surface area contributed by atoms with Gasteiger partial charge in [-0.2, -0.15) is 0 Å². The number of primary amides is 1. The van der Waals surface area contributed by atoms with Crippen LogP contribution in [0.1, 0.15) is 51.5 Å². The molecule has 12 heteroatoms. The highest BCUT2D eigenvalue weighted by Gasteiger charge is 2.39. The molecule has 2 rings (SSSR count). The second kappa shape index (κ2) is 13.6. The van der Waals surface area contributed by atoms with Gasteiger partial charge in [-0.3, -0.25) is 19.2 Å². The number of aromatic hydroxyl groups is 1. The van der Waals surface area contributed by atoms with E-state index in [4.69, 9.17) is 11.5 Å². The highest BCUT2D eigenvalue weighted by Crippen LogP contribution is 2.20. The van der Waals surface area contributed by atoms with E-state index < -0.39 is 53.8 Å². The molecule has 0 spiro atoms. The molecule has 1 aliphatic rings. The van der Waals surface area contributed by atoms with Crippen molar-refractivity contribution >= 4 is 29.6 Å². The van der Waals surface area contributed by atoms with E-state index in [1.54, 1.807) is 19.1 Å². The summed E-state index contributed by atoms with van der Waals surface area (Å²) in [6.45, 7) is 3.82. The molecule has 1 saturated heterocycles. The van der Waals surface area contributed by atoms with E-state index in [0.29, 0.717) is 19.3 Å². The Hall–Kier alpha value is -3.67. The van der Waals surface area contributed by atoms with Crippen LogP contribution in [0.4, 0.5) is 0 Å². The molecule has 1 aliphatic heterocycles. The monoisotopic (exact) mass is 519 g/mol. The molecule has 37 heavy (non-hydrogen) atoms. The Morgan fingerprint density at radius 3 is 2.32 bits per heavy atom. The quantitative estimate of drug-likeness (QED) is 0.202. The van der Waals surface area contributed by atoms with E-state index in [1.165, 1.54) is 17.0 Å². The van der Waals surface area contributed by atoms with Crippen molar-refractivity contribution in [2.75, 3.05) is 6.54 Å². The fourth-order valence-electron chi connectivity index (χ4n) is 4.23. The van der Waals surface area contributed by atoms with E-state index in [2.05, 4.69) is 10.6 Å². The summed E-state index contributed by atoms with van der Waals surface area (Å²) >= 11 is 0. The molecule has 5 unspecified atom stereocenters. The summed E-state index contributed by atoms with van der Waals surface area (Å²) in [5, 5.41) is 24.2. The lowest BCUT2D eigenvalue weighted by Crippen LogP contribution is -2.58. The zero-order chi connectivity index (χ0) is 27.7. The third-order valence-electron chi connectivity index (χ3n) is 6.64. The maximum Gasteiger partial charge on any atom is 0.326 e. The van der Waals surface area contributed by atoms with Crippen LogP contribution in [-0.4, -0.2) is 75.4 Å². The molecule has 1 heterocycles. The van der Waals surface area contributed by atoms with Crippen molar-refractivity contribution in [3.63, 3.8) is 0 Å². The molecule has 12 nitrogen and oxygen atoms in total. The summed E-state index contributed by atoms with van der Waals surface area (Å²) in [6.07, 6.45) is 1.20. The first-order valence-electron chi connectivity index (χ1n) is 12.4. The van der Waals surface area contributed by atoms with Crippen LogP contribution in [0.3, 0.4) is 0 Å². The number of aliphatic carboxylic acids is 1. The van der Waals surface area contributed by atoms with Gasteiger partial charge in [-0.1, -0.05) is 32.4 Å². The third kappa shape index (κ3) is 8.45. The van der Waals surface area contributed by atoms with Crippen LogP contribution < -0.4 is 22.1 Å². The maximum atomic E-state index is 13.3. The molecule has 204 valence electrons. The van der Waals surface area contributed by atoms with Crippen molar-refractivity contribution in [3.05, 3.63) is 29.8 Å². The third-order valence-corrected chi connectivity index (χ3v) is 6.64. The number of nitrogens with zero attached hydrogens (tertiary/aromatic N) is 1. The zero-order valence-corrected chi connectivity index (χ0v) is 21.2. The first-order chi connectivity index (χ1) is 17.4. The van der Waals surface area contributed by atoms with E-state index in [9.17, 15) is 34.2 Å². The highest BCUT2D eigenvalue weighted by atomic mass is 16.4. The lowest BCUT2D eigenvalue weighted by Gasteiger charge is -2.30. The van der Waals surface area contributed by atoms with Crippen LogP contribution >= 0.6 is 0 Å². The summed E-state index contributed by atoms with van der Waals surface area (Å²) in [7, 11) is 0. The van der Waals surface area contributed by atoms with E-state index in [0.717, 1.165) is 5.56 Å². The van der Waals surface area contributed by atoms with Crippen molar-refractivity contribution in [1.29, 1.82) is 0 Å². The van der Waals surface area contributed by atoms with Crippen LogP contribution in [0.5, 0.6) is 5.75 Å². The number of nitrogens with two attached hydrogens (primary N) is 2. The summed E-state index contributed by atoms with van der Waals surface area (Å²) in [5.74, 6) is -3.88. The largest absolute Gasteiger partial charge is 0.508 e. The molecule has 0 aliphatic carbocycles. The summed E-state index contributed by atoms with van der Waals surface area (Å²) in [5.41, 5.74) is 12.0. The van der Waals surface area contributed by atoms with Gasteiger partial charge < -0.3 is 37.2 Å². The number of phenolic OH excluding ortho intramolecular Hbond substituents is 1. The van der Waals surface area contributed by atoms with Gasteiger partial charge in [0.2, 0.25) is 23.6 Å². The van der Waals surface area contributed by atoms with Crippen molar-refractivity contribution in [3.8, 4) is 5.75 Å². The van der Waals surface area contributed by atoms with Crippen LogP contribution in [0.2, 0.25) is 0 Å². The average molecular weight is 520 g/mol. The Bertz CT molecular complexity index is 984. The molecule has 0 radical (unpaired) electrons. The number of hydrogen-bond acceptors (Lipinski definition) is 7. The number of likely N-dealkylation sites (tertiary alicyclic amines) is 1. The molecule has 4 amide bonds. The standard InChI is InChI=1S/C25H37N5O7/c1-3-14(2)21(29-22(33)17(26)13-15-6-8-16(31)9-7-15)23(34)28-18(10-11-20(27)32)24(35)30-12-4-5-19(30)25(36)37/h6-9,14,17-19,21,31H,3-5,10-13,26H2,1-2H3,(H2,27,32)(H,28,34)(H,29,33)(H,36,37). The van der Waals surface area contributed by atoms with Gasteiger partial charge in [0.1, 0.15) is 23.9 Å². The Labute approximate surface area is 215 Å².